The fourth-order valence-corrected chi connectivity index (χ4v) is 3.85. The number of nitrogens with zero attached hydrogens (tertiary/aromatic N) is 2. The minimum Gasteiger partial charge on any atom is -0.318 e. The first kappa shape index (κ1) is 20.7. The predicted molar refractivity (Wildman–Crippen MR) is 118 cm³/mol. The highest BCUT2D eigenvalue weighted by Gasteiger charge is 2.37. The lowest BCUT2D eigenvalue weighted by molar-refractivity contribution is -0.122. The molecule has 0 unspecified atom stereocenters. The average Bonchev–Trinajstić information content (AvgIpc) is 2.99. The quantitative estimate of drug-likeness (QED) is 0.436. The number of anilines is 1. The van der Waals surface area contributed by atoms with Crippen molar-refractivity contribution >= 4 is 45.5 Å². The molecule has 0 aliphatic carbocycles. The van der Waals surface area contributed by atoms with Gasteiger partial charge in [0.25, 0.3) is 11.8 Å². The molecule has 4 rings (SSSR count). The molecule has 0 spiro atoms. The number of amides is 4. The molecule has 1 aliphatic rings. The number of hydrogen-bond donors (Lipinski definition) is 1. The molecule has 2 heterocycles. The third kappa shape index (κ3) is 3.82. The summed E-state index contributed by atoms with van der Waals surface area (Å²) in [5.41, 5.74) is 2.95. The van der Waals surface area contributed by atoms with Gasteiger partial charge in [0, 0.05) is 21.5 Å². The van der Waals surface area contributed by atoms with Gasteiger partial charge in [-0.2, -0.15) is 0 Å². The minimum absolute atomic E-state index is 0.165. The number of carbonyl (C=O) groups excluding carboxylic acids is 3. The van der Waals surface area contributed by atoms with Crippen LogP contribution in [0.5, 0.6) is 0 Å². The number of halogens is 2. The molecule has 1 N–H and O–H groups in total. The zero-order valence-corrected chi connectivity index (χ0v) is 18.2. The van der Waals surface area contributed by atoms with Crippen molar-refractivity contribution in [1.29, 1.82) is 0 Å². The first-order valence-corrected chi connectivity index (χ1v) is 10.2. The second-order valence-electron chi connectivity index (χ2n) is 7.08. The van der Waals surface area contributed by atoms with E-state index in [-0.39, 0.29) is 11.4 Å². The lowest BCUT2D eigenvalue weighted by Crippen LogP contribution is -2.54. The van der Waals surface area contributed by atoms with Crippen molar-refractivity contribution in [2.75, 3.05) is 4.90 Å². The molecule has 0 bridgehead atoms. The molecule has 4 amide bonds. The highest BCUT2D eigenvalue weighted by molar-refractivity contribution is 9.10. The van der Waals surface area contributed by atoms with E-state index in [1.165, 1.54) is 18.2 Å². The van der Waals surface area contributed by atoms with E-state index in [0.717, 1.165) is 20.8 Å². The summed E-state index contributed by atoms with van der Waals surface area (Å²) in [5, 5.41) is 2.21. The van der Waals surface area contributed by atoms with Gasteiger partial charge >= 0.3 is 6.03 Å². The number of nitrogens with one attached hydrogen (secondary N) is 1. The van der Waals surface area contributed by atoms with Gasteiger partial charge in [0.15, 0.2) is 0 Å². The maximum atomic E-state index is 13.7. The van der Waals surface area contributed by atoms with Crippen molar-refractivity contribution in [2.45, 2.75) is 13.8 Å². The Labute approximate surface area is 186 Å². The molecular formula is C23H17BrFN3O3. The second-order valence-corrected chi connectivity index (χ2v) is 7.99. The van der Waals surface area contributed by atoms with E-state index in [0.29, 0.717) is 16.9 Å². The topological polar surface area (TPSA) is 71.4 Å². The smallest absolute Gasteiger partial charge is 0.318 e. The molecule has 0 saturated carbocycles. The van der Waals surface area contributed by atoms with Gasteiger partial charge in [-0.15, -0.1) is 0 Å². The molecule has 0 radical (unpaired) electrons. The van der Waals surface area contributed by atoms with Crippen LogP contribution >= 0.6 is 15.9 Å². The van der Waals surface area contributed by atoms with Gasteiger partial charge in [-0.1, -0.05) is 22.0 Å². The van der Waals surface area contributed by atoms with E-state index in [1.807, 2.05) is 18.4 Å². The zero-order valence-electron chi connectivity index (χ0n) is 16.6. The number of benzene rings is 2. The van der Waals surface area contributed by atoms with Gasteiger partial charge in [0.05, 0.1) is 5.69 Å². The normalized spacial score (nSPS) is 15.5. The summed E-state index contributed by atoms with van der Waals surface area (Å²) in [6.45, 7) is 3.66. The number of barbiturate groups is 1. The van der Waals surface area contributed by atoms with Crippen LogP contribution in [-0.4, -0.2) is 22.4 Å². The Balaban J connectivity index is 1.76. The largest absolute Gasteiger partial charge is 0.335 e. The summed E-state index contributed by atoms with van der Waals surface area (Å²) in [7, 11) is 0. The molecule has 1 aliphatic heterocycles. The summed E-state index contributed by atoms with van der Waals surface area (Å²) < 4.78 is 16.3. The number of carbonyl (C=O) groups is 3. The van der Waals surface area contributed by atoms with Crippen LogP contribution in [-0.2, 0) is 9.59 Å². The Morgan fingerprint density at radius 2 is 1.68 bits per heavy atom. The second kappa shape index (κ2) is 7.96. The van der Waals surface area contributed by atoms with Crippen LogP contribution in [0.1, 0.15) is 17.0 Å². The Bertz CT molecular complexity index is 1260. The maximum absolute atomic E-state index is 13.7. The molecule has 156 valence electrons. The Morgan fingerprint density at radius 3 is 2.35 bits per heavy atom. The minimum atomic E-state index is -0.806. The van der Waals surface area contributed by atoms with Crippen molar-refractivity contribution < 1.29 is 18.8 Å². The SMILES string of the molecule is Cc1cc(/C=C2\C(=O)NC(=O)N(c3ccc(Br)cc3)C2=O)c(C)n1-c1cccc(F)c1. The van der Waals surface area contributed by atoms with Crippen LogP contribution in [0.25, 0.3) is 11.8 Å². The average molecular weight is 482 g/mol. The predicted octanol–water partition coefficient (Wildman–Crippen LogP) is 4.66. The Kier molecular flexibility index (Phi) is 5.32. The van der Waals surface area contributed by atoms with Crippen molar-refractivity contribution in [3.63, 3.8) is 0 Å². The highest BCUT2D eigenvalue weighted by Crippen LogP contribution is 2.27. The van der Waals surface area contributed by atoms with Gasteiger partial charge in [0.2, 0.25) is 0 Å². The van der Waals surface area contributed by atoms with E-state index in [2.05, 4.69) is 21.2 Å². The standard InChI is InChI=1S/C23H17BrFN3O3/c1-13-10-15(14(2)27(13)19-5-3-4-17(25)12-19)11-20-21(29)26-23(31)28(22(20)30)18-8-6-16(24)7-9-18/h3-12H,1-2H3,(H,26,29,31)/b20-11+. The summed E-state index contributed by atoms with van der Waals surface area (Å²) in [5.74, 6) is -1.85. The fraction of sp³-hybridized carbons (Fsp3) is 0.0870. The molecule has 1 saturated heterocycles. The van der Waals surface area contributed by atoms with Crippen LogP contribution in [0.3, 0.4) is 0 Å². The third-order valence-corrected chi connectivity index (χ3v) is 5.55. The van der Waals surface area contributed by atoms with Crippen LogP contribution in [0.15, 0.2) is 64.6 Å². The fourth-order valence-electron chi connectivity index (χ4n) is 3.58. The maximum Gasteiger partial charge on any atom is 0.335 e. The molecule has 31 heavy (non-hydrogen) atoms. The van der Waals surface area contributed by atoms with Crippen LogP contribution in [0.4, 0.5) is 14.9 Å². The molecule has 1 aromatic heterocycles. The molecule has 2 aromatic carbocycles. The van der Waals surface area contributed by atoms with E-state index in [4.69, 9.17) is 0 Å². The molecule has 0 atom stereocenters. The number of aromatic nitrogens is 1. The van der Waals surface area contributed by atoms with Crippen LogP contribution in [0.2, 0.25) is 0 Å². The number of aryl methyl sites for hydroxylation is 1. The van der Waals surface area contributed by atoms with E-state index >= 15 is 0 Å². The number of imide groups is 2. The molecular weight excluding hydrogens is 465 g/mol. The Morgan fingerprint density at radius 1 is 0.968 bits per heavy atom. The molecule has 6 nitrogen and oxygen atoms in total. The summed E-state index contributed by atoms with van der Waals surface area (Å²) in [4.78, 5) is 38.8. The van der Waals surface area contributed by atoms with E-state index < -0.39 is 17.8 Å². The van der Waals surface area contributed by atoms with Crippen molar-refractivity contribution in [3.05, 3.63) is 87.4 Å². The summed E-state index contributed by atoms with van der Waals surface area (Å²) in [6, 6.07) is 13.7. The van der Waals surface area contributed by atoms with E-state index in [1.54, 1.807) is 42.5 Å². The van der Waals surface area contributed by atoms with Gasteiger partial charge in [-0.3, -0.25) is 14.9 Å². The number of urea groups is 1. The molecule has 8 heteroatoms. The lowest BCUT2D eigenvalue weighted by atomic mass is 10.1. The van der Waals surface area contributed by atoms with E-state index in [9.17, 15) is 18.8 Å². The number of rotatable bonds is 3. The van der Waals surface area contributed by atoms with Crippen LogP contribution in [0, 0.1) is 19.7 Å². The van der Waals surface area contributed by atoms with Crippen molar-refractivity contribution in [1.82, 2.24) is 9.88 Å². The van der Waals surface area contributed by atoms with Gasteiger partial charge in [0.1, 0.15) is 11.4 Å². The summed E-state index contributed by atoms with van der Waals surface area (Å²) >= 11 is 3.31. The van der Waals surface area contributed by atoms with Gasteiger partial charge < -0.3 is 4.57 Å². The first-order valence-electron chi connectivity index (χ1n) is 9.38. The third-order valence-electron chi connectivity index (χ3n) is 5.02. The van der Waals surface area contributed by atoms with Crippen molar-refractivity contribution in [2.24, 2.45) is 0 Å². The number of hydrogen-bond acceptors (Lipinski definition) is 3. The Hall–Kier alpha value is -3.52. The first-order chi connectivity index (χ1) is 14.8. The van der Waals surface area contributed by atoms with Gasteiger partial charge in [-0.05, 0) is 74.0 Å². The lowest BCUT2D eigenvalue weighted by Gasteiger charge is -2.26. The highest BCUT2D eigenvalue weighted by atomic mass is 79.9. The van der Waals surface area contributed by atoms with Crippen LogP contribution < -0.4 is 10.2 Å². The molecule has 1 fully saturated rings. The monoisotopic (exact) mass is 481 g/mol. The van der Waals surface area contributed by atoms with Gasteiger partial charge in [-0.25, -0.2) is 14.1 Å². The summed E-state index contributed by atoms with van der Waals surface area (Å²) in [6.07, 6.45) is 1.45. The van der Waals surface area contributed by atoms with Crippen molar-refractivity contribution in [3.8, 4) is 5.69 Å². The zero-order chi connectivity index (χ0) is 22.3. The molecule has 3 aromatic rings.